The predicted octanol–water partition coefficient (Wildman–Crippen LogP) is 2.90. The Bertz CT molecular complexity index is 357. The lowest BCUT2D eigenvalue weighted by molar-refractivity contribution is 0.319. The first-order valence-corrected chi connectivity index (χ1v) is 5.82. The Morgan fingerprint density at radius 3 is 2.81 bits per heavy atom. The third kappa shape index (κ3) is 2.79. The van der Waals surface area contributed by atoms with Crippen LogP contribution in [0.4, 0.5) is 8.78 Å². The van der Waals surface area contributed by atoms with Crippen LogP contribution in [-0.2, 0) is 6.42 Å². The molecule has 0 aromatic heterocycles. The maximum atomic E-state index is 13.4. The van der Waals surface area contributed by atoms with Crippen LogP contribution in [0.15, 0.2) is 18.2 Å². The van der Waals surface area contributed by atoms with Gasteiger partial charge in [-0.05, 0) is 62.4 Å². The summed E-state index contributed by atoms with van der Waals surface area (Å²) < 4.78 is 26.4. The molecule has 88 valence electrons. The Hall–Kier alpha value is -0.960. The van der Waals surface area contributed by atoms with E-state index < -0.39 is 0 Å². The van der Waals surface area contributed by atoms with Gasteiger partial charge in [0.25, 0.3) is 0 Å². The van der Waals surface area contributed by atoms with Crippen molar-refractivity contribution in [1.29, 1.82) is 0 Å². The number of hydrogen-bond acceptors (Lipinski definition) is 1. The zero-order valence-corrected chi connectivity index (χ0v) is 9.47. The van der Waals surface area contributed by atoms with Gasteiger partial charge in [0.2, 0.25) is 0 Å². The lowest BCUT2D eigenvalue weighted by Gasteiger charge is -2.27. The lowest BCUT2D eigenvalue weighted by atomic mass is 9.89. The molecule has 1 heterocycles. The standard InChI is InChI=1S/C13H17F2N/c1-9-2-3-10(8-16-9)6-11-7-12(14)4-5-13(11)15/h4-5,7,9-10,16H,2-3,6,8H2,1H3. The van der Waals surface area contributed by atoms with Crippen molar-refractivity contribution in [2.75, 3.05) is 6.54 Å². The molecule has 3 heteroatoms. The molecule has 1 aromatic rings. The van der Waals surface area contributed by atoms with Crippen molar-refractivity contribution in [3.8, 4) is 0 Å². The van der Waals surface area contributed by atoms with Gasteiger partial charge in [0.05, 0.1) is 0 Å². The van der Waals surface area contributed by atoms with Gasteiger partial charge in [-0.3, -0.25) is 0 Å². The summed E-state index contributed by atoms with van der Waals surface area (Å²) in [6.45, 7) is 3.05. The van der Waals surface area contributed by atoms with E-state index in [4.69, 9.17) is 0 Å². The summed E-state index contributed by atoms with van der Waals surface area (Å²) >= 11 is 0. The van der Waals surface area contributed by atoms with Crippen molar-refractivity contribution in [3.05, 3.63) is 35.4 Å². The van der Waals surface area contributed by atoms with Gasteiger partial charge in [0, 0.05) is 6.04 Å². The van der Waals surface area contributed by atoms with E-state index in [2.05, 4.69) is 12.2 Å². The van der Waals surface area contributed by atoms with Crippen LogP contribution < -0.4 is 5.32 Å². The molecule has 0 amide bonds. The number of nitrogens with one attached hydrogen (secondary N) is 1. The third-order valence-electron chi connectivity index (χ3n) is 3.28. The molecule has 1 N–H and O–H groups in total. The molecule has 0 radical (unpaired) electrons. The first kappa shape index (κ1) is 11.5. The highest BCUT2D eigenvalue weighted by Crippen LogP contribution is 2.21. The first-order chi connectivity index (χ1) is 7.65. The first-order valence-electron chi connectivity index (χ1n) is 5.82. The van der Waals surface area contributed by atoms with Crippen molar-refractivity contribution >= 4 is 0 Å². The van der Waals surface area contributed by atoms with E-state index in [1.165, 1.54) is 18.2 Å². The maximum absolute atomic E-state index is 13.4. The quantitative estimate of drug-likeness (QED) is 0.816. The second kappa shape index (κ2) is 4.91. The highest BCUT2D eigenvalue weighted by atomic mass is 19.1. The Kier molecular flexibility index (Phi) is 3.54. The van der Waals surface area contributed by atoms with E-state index in [9.17, 15) is 8.78 Å². The van der Waals surface area contributed by atoms with Crippen LogP contribution in [0.5, 0.6) is 0 Å². The molecule has 2 rings (SSSR count). The van der Waals surface area contributed by atoms with Crippen molar-refractivity contribution < 1.29 is 8.78 Å². The predicted molar refractivity (Wildman–Crippen MR) is 60.3 cm³/mol. The fraction of sp³-hybridized carbons (Fsp3) is 0.538. The number of hydrogen-bond donors (Lipinski definition) is 1. The van der Waals surface area contributed by atoms with Gasteiger partial charge in [0.15, 0.2) is 0 Å². The molecule has 0 aliphatic carbocycles. The van der Waals surface area contributed by atoms with Gasteiger partial charge >= 0.3 is 0 Å². The fourth-order valence-electron chi connectivity index (χ4n) is 2.24. The van der Waals surface area contributed by atoms with Crippen molar-refractivity contribution in [3.63, 3.8) is 0 Å². The monoisotopic (exact) mass is 225 g/mol. The van der Waals surface area contributed by atoms with Crippen LogP contribution in [-0.4, -0.2) is 12.6 Å². The van der Waals surface area contributed by atoms with Crippen LogP contribution in [0, 0.1) is 17.6 Å². The van der Waals surface area contributed by atoms with E-state index >= 15 is 0 Å². The highest BCUT2D eigenvalue weighted by Gasteiger charge is 2.19. The molecule has 0 spiro atoms. The molecule has 2 unspecified atom stereocenters. The van der Waals surface area contributed by atoms with E-state index in [0.717, 1.165) is 19.4 Å². The number of piperidine rings is 1. The summed E-state index contributed by atoms with van der Waals surface area (Å²) in [5, 5.41) is 3.37. The molecule has 1 aromatic carbocycles. The minimum absolute atomic E-state index is 0.292. The van der Waals surface area contributed by atoms with Gasteiger partial charge < -0.3 is 5.32 Å². The second-order valence-corrected chi connectivity index (χ2v) is 4.69. The van der Waals surface area contributed by atoms with E-state index in [1.54, 1.807) is 0 Å². The lowest BCUT2D eigenvalue weighted by Crippen LogP contribution is -2.37. The average Bonchev–Trinajstić information content (AvgIpc) is 2.27. The molecular formula is C13H17F2N. The Morgan fingerprint density at radius 2 is 2.12 bits per heavy atom. The molecule has 0 saturated carbocycles. The molecule has 1 fully saturated rings. The smallest absolute Gasteiger partial charge is 0.126 e. The molecule has 16 heavy (non-hydrogen) atoms. The third-order valence-corrected chi connectivity index (χ3v) is 3.28. The van der Waals surface area contributed by atoms with E-state index in [1.807, 2.05) is 0 Å². The van der Waals surface area contributed by atoms with Crippen LogP contribution in [0.25, 0.3) is 0 Å². The molecule has 1 nitrogen and oxygen atoms in total. The van der Waals surface area contributed by atoms with Gasteiger partial charge in [-0.1, -0.05) is 0 Å². The zero-order chi connectivity index (χ0) is 11.5. The summed E-state index contributed by atoms with van der Waals surface area (Å²) in [5.41, 5.74) is 0.501. The zero-order valence-electron chi connectivity index (χ0n) is 9.47. The molecule has 1 aliphatic rings. The van der Waals surface area contributed by atoms with Crippen LogP contribution >= 0.6 is 0 Å². The highest BCUT2D eigenvalue weighted by molar-refractivity contribution is 5.19. The number of benzene rings is 1. The average molecular weight is 225 g/mol. The minimum Gasteiger partial charge on any atom is -0.314 e. The SMILES string of the molecule is CC1CCC(Cc2cc(F)ccc2F)CN1. The van der Waals surface area contributed by atoms with Gasteiger partial charge in [-0.25, -0.2) is 8.78 Å². The van der Waals surface area contributed by atoms with Crippen molar-refractivity contribution in [2.45, 2.75) is 32.2 Å². The molecule has 0 bridgehead atoms. The molecule has 1 saturated heterocycles. The topological polar surface area (TPSA) is 12.0 Å². The largest absolute Gasteiger partial charge is 0.314 e. The summed E-state index contributed by atoms with van der Waals surface area (Å²) in [4.78, 5) is 0. The van der Waals surface area contributed by atoms with Crippen molar-refractivity contribution in [2.24, 2.45) is 5.92 Å². The Morgan fingerprint density at radius 1 is 1.31 bits per heavy atom. The second-order valence-electron chi connectivity index (χ2n) is 4.69. The van der Waals surface area contributed by atoms with Crippen LogP contribution in [0.2, 0.25) is 0 Å². The van der Waals surface area contributed by atoms with E-state index in [-0.39, 0.29) is 11.6 Å². The van der Waals surface area contributed by atoms with Crippen molar-refractivity contribution in [1.82, 2.24) is 5.32 Å². The maximum Gasteiger partial charge on any atom is 0.126 e. The minimum atomic E-state index is -0.353. The normalized spacial score (nSPS) is 25.7. The van der Waals surface area contributed by atoms with Gasteiger partial charge in [0.1, 0.15) is 11.6 Å². The molecule has 2 atom stereocenters. The summed E-state index contributed by atoms with van der Waals surface area (Å²) in [7, 11) is 0. The van der Waals surface area contributed by atoms with E-state index in [0.29, 0.717) is 23.9 Å². The Labute approximate surface area is 94.9 Å². The summed E-state index contributed by atoms with van der Waals surface area (Å²) in [6, 6.07) is 4.24. The molecule has 1 aliphatic heterocycles. The van der Waals surface area contributed by atoms with Gasteiger partial charge in [-0.2, -0.15) is 0 Å². The summed E-state index contributed by atoms with van der Waals surface area (Å²) in [5.74, 6) is -0.221. The molecular weight excluding hydrogens is 208 g/mol. The number of halogens is 2. The fourth-order valence-corrected chi connectivity index (χ4v) is 2.24. The Balaban J connectivity index is 2.00. The van der Waals surface area contributed by atoms with Crippen LogP contribution in [0.1, 0.15) is 25.3 Å². The number of rotatable bonds is 2. The summed E-state index contributed by atoms with van der Waals surface area (Å²) in [6.07, 6.45) is 2.83. The van der Waals surface area contributed by atoms with Gasteiger partial charge in [-0.15, -0.1) is 0 Å². The van der Waals surface area contributed by atoms with Crippen LogP contribution in [0.3, 0.4) is 0 Å².